The lowest BCUT2D eigenvalue weighted by molar-refractivity contribution is 0.367. The van der Waals surface area contributed by atoms with Gasteiger partial charge < -0.3 is 20.0 Å². The van der Waals surface area contributed by atoms with Gasteiger partial charge in [0.25, 0.3) is 0 Å². The van der Waals surface area contributed by atoms with Crippen LogP contribution in [0.15, 0.2) is 18.3 Å². The molecule has 7 nitrogen and oxygen atoms in total. The van der Waals surface area contributed by atoms with Crippen molar-refractivity contribution in [2.24, 2.45) is 0 Å². The molecule has 0 saturated heterocycles. The van der Waals surface area contributed by atoms with Crippen LogP contribution in [-0.2, 0) is 15.6 Å². The number of nitrogens with zero attached hydrogens (tertiary/aromatic N) is 1. The highest BCUT2D eigenvalue weighted by atomic mass is 31.2. The Morgan fingerprint density at radius 1 is 1.23 bits per heavy atom. The van der Waals surface area contributed by atoms with Crippen LogP contribution in [0.3, 0.4) is 0 Å². The summed E-state index contributed by atoms with van der Waals surface area (Å²) in [6.07, 6.45) is 6.81. The zero-order chi connectivity index (χ0) is 16.8. The van der Waals surface area contributed by atoms with E-state index in [2.05, 4.69) is 17.2 Å². The fourth-order valence-electron chi connectivity index (χ4n) is 2.08. The summed E-state index contributed by atoms with van der Waals surface area (Å²) in [5.41, 5.74) is -0.871. The van der Waals surface area contributed by atoms with E-state index in [9.17, 15) is 23.8 Å². The average molecular weight is 350 g/mol. The first-order chi connectivity index (χ1) is 10.1. The molecule has 2 atom stereocenters. The highest BCUT2D eigenvalue weighted by Crippen LogP contribution is 2.59. The molecule has 0 aliphatic heterocycles. The predicted molar refractivity (Wildman–Crippen MR) is 87.3 cm³/mol. The fraction of sp³-hybridized carbons (Fsp3) is 0.615. The second-order valence-electron chi connectivity index (χ2n) is 5.41. The molecule has 0 spiro atoms. The van der Waals surface area contributed by atoms with E-state index in [4.69, 9.17) is 0 Å². The molecule has 0 fully saturated rings. The number of pyridine rings is 1. The van der Waals surface area contributed by atoms with Gasteiger partial charge in [-0.3, -0.25) is 9.13 Å². The van der Waals surface area contributed by atoms with E-state index in [0.29, 0.717) is 0 Å². The molecule has 1 heterocycles. The molecule has 1 aromatic rings. The number of aromatic nitrogens is 1. The molecule has 22 heavy (non-hydrogen) atoms. The van der Waals surface area contributed by atoms with Gasteiger partial charge in [-0.05, 0) is 30.5 Å². The van der Waals surface area contributed by atoms with E-state index < -0.39 is 20.5 Å². The van der Waals surface area contributed by atoms with Crippen molar-refractivity contribution in [2.75, 3.05) is 12.0 Å². The first-order valence-corrected chi connectivity index (χ1v) is 11.1. The van der Waals surface area contributed by atoms with E-state index in [0.717, 1.165) is 37.9 Å². The molecule has 1 aromatic heterocycles. The Bertz CT molecular complexity index is 547. The summed E-state index contributed by atoms with van der Waals surface area (Å²) >= 11 is 0. The monoisotopic (exact) mass is 350 g/mol. The maximum Gasteiger partial charge on any atom is 0.357 e. The molecule has 9 heteroatoms. The minimum absolute atomic E-state index is 0.192. The molecule has 1 rings (SSSR count). The van der Waals surface area contributed by atoms with Crippen LogP contribution in [0.1, 0.15) is 38.2 Å². The van der Waals surface area contributed by atoms with Crippen molar-refractivity contribution >= 4 is 20.8 Å². The molecule has 0 aromatic carbocycles. The maximum absolute atomic E-state index is 11.7. The molecule has 0 radical (unpaired) electrons. The number of unbranched alkanes of at least 4 members (excludes halogenated alkanes) is 3. The van der Waals surface area contributed by atoms with E-state index in [1.54, 1.807) is 6.07 Å². The van der Waals surface area contributed by atoms with Gasteiger partial charge in [-0.1, -0.05) is 26.2 Å². The Labute approximate surface area is 130 Å². The van der Waals surface area contributed by atoms with Crippen molar-refractivity contribution in [3.63, 3.8) is 0 Å². The van der Waals surface area contributed by atoms with Crippen molar-refractivity contribution in [1.29, 1.82) is 0 Å². The van der Waals surface area contributed by atoms with Gasteiger partial charge >= 0.3 is 7.60 Å². The third kappa shape index (κ3) is 6.59. The quantitative estimate of drug-likeness (QED) is 0.399. The van der Waals surface area contributed by atoms with E-state index in [1.807, 2.05) is 6.07 Å². The lowest BCUT2D eigenvalue weighted by Gasteiger charge is -2.22. The Hall–Kier alpha value is -0.710. The van der Waals surface area contributed by atoms with Crippen LogP contribution in [0.25, 0.3) is 0 Å². The Balaban J connectivity index is 2.80. The average Bonchev–Trinajstić information content (AvgIpc) is 2.39. The number of nitrogens with one attached hydrogen (secondary N) is 1. The molecule has 126 valence electrons. The van der Waals surface area contributed by atoms with E-state index >= 15 is 0 Å². The summed E-state index contributed by atoms with van der Waals surface area (Å²) in [5.74, 6) is 0.192. The van der Waals surface area contributed by atoms with Crippen molar-refractivity contribution < 1.29 is 23.8 Å². The van der Waals surface area contributed by atoms with Crippen LogP contribution in [-0.4, -0.2) is 31.9 Å². The SMILES string of the molecule is CCCCCCc1ccnc(NC(P(C)(=O)O)P(=O)(O)O)c1. The normalized spacial score (nSPS) is 16.0. The first kappa shape index (κ1) is 19.3. The smallest absolute Gasteiger partial charge is 0.348 e. The number of anilines is 1. The number of hydrogen-bond donors (Lipinski definition) is 4. The molecule has 4 N–H and O–H groups in total. The number of rotatable bonds is 9. The minimum Gasteiger partial charge on any atom is -0.348 e. The maximum atomic E-state index is 11.7. The number of hydrogen-bond acceptors (Lipinski definition) is 4. The Morgan fingerprint density at radius 3 is 2.45 bits per heavy atom. The van der Waals surface area contributed by atoms with E-state index in [1.165, 1.54) is 12.6 Å². The summed E-state index contributed by atoms with van der Waals surface area (Å²) in [6.45, 7) is 3.05. The van der Waals surface area contributed by atoms with Crippen molar-refractivity contribution in [3.8, 4) is 0 Å². The molecular formula is C13H24N2O5P2. The van der Waals surface area contributed by atoms with Crippen molar-refractivity contribution in [1.82, 2.24) is 4.98 Å². The number of aryl methyl sites for hydroxylation is 1. The van der Waals surface area contributed by atoms with Crippen molar-refractivity contribution in [2.45, 2.75) is 44.6 Å². The van der Waals surface area contributed by atoms with Crippen LogP contribution >= 0.6 is 15.0 Å². The Morgan fingerprint density at radius 2 is 1.91 bits per heavy atom. The van der Waals surface area contributed by atoms with Gasteiger partial charge in [-0.25, -0.2) is 4.98 Å². The molecule has 0 saturated carbocycles. The largest absolute Gasteiger partial charge is 0.357 e. The van der Waals surface area contributed by atoms with Gasteiger partial charge in [0, 0.05) is 12.9 Å². The molecule has 0 aliphatic carbocycles. The predicted octanol–water partition coefficient (Wildman–Crippen LogP) is 2.98. The van der Waals surface area contributed by atoms with Gasteiger partial charge in [0.15, 0.2) is 0 Å². The first-order valence-electron chi connectivity index (χ1n) is 7.21. The lowest BCUT2D eigenvalue weighted by atomic mass is 10.1. The van der Waals surface area contributed by atoms with Gasteiger partial charge in [0.05, 0.1) is 0 Å². The Kier molecular flexibility index (Phi) is 7.23. The second kappa shape index (κ2) is 8.23. The highest BCUT2D eigenvalue weighted by molar-refractivity contribution is 7.73. The van der Waals surface area contributed by atoms with Gasteiger partial charge in [0.2, 0.25) is 12.9 Å². The third-order valence-electron chi connectivity index (χ3n) is 3.19. The van der Waals surface area contributed by atoms with Crippen molar-refractivity contribution in [3.05, 3.63) is 23.9 Å². The zero-order valence-corrected chi connectivity index (χ0v) is 14.6. The standard InChI is InChI=1S/C13H24N2O5P2/c1-3-4-5-6-7-11-8-9-14-12(10-11)15-13(21(2,16)17)22(18,19)20/h8-10,13H,3-7H2,1-2H3,(H,14,15)(H,16,17)(H2,18,19,20). The van der Waals surface area contributed by atoms with E-state index in [-0.39, 0.29) is 5.82 Å². The highest BCUT2D eigenvalue weighted by Gasteiger charge is 2.41. The van der Waals surface area contributed by atoms with Crippen LogP contribution in [0.5, 0.6) is 0 Å². The summed E-state index contributed by atoms with van der Waals surface area (Å²) in [5, 5.41) is 2.41. The van der Waals surface area contributed by atoms with Crippen LogP contribution in [0.4, 0.5) is 5.82 Å². The lowest BCUT2D eigenvalue weighted by Crippen LogP contribution is -2.20. The zero-order valence-electron chi connectivity index (χ0n) is 12.8. The molecule has 0 bridgehead atoms. The summed E-state index contributed by atoms with van der Waals surface area (Å²) in [6, 6.07) is 3.48. The van der Waals surface area contributed by atoms with Gasteiger partial charge in [-0.15, -0.1) is 0 Å². The second-order valence-corrected chi connectivity index (χ2v) is 9.92. The summed E-state index contributed by atoms with van der Waals surface area (Å²) < 4.78 is 23.1. The molecule has 0 aliphatic rings. The van der Waals surface area contributed by atoms with Gasteiger partial charge in [-0.2, -0.15) is 0 Å². The third-order valence-corrected chi connectivity index (χ3v) is 7.18. The fourth-order valence-corrected chi connectivity index (χ4v) is 4.98. The topological polar surface area (TPSA) is 120 Å². The summed E-state index contributed by atoms with van der Waals surface area (Å²) in [7, 11) is -8.79. The van der Waals surface area contributed by atoms with Gasteiger partial charge in [0.1, 0.15) is 5.82 Å². The van der Waals surface area contributed by atoms with Crippen LogP contribution in [0, 0.1) is 0 Å². The molecule has 2 unspecified atom stereocenters. The summed E-state index contributed by atoms with van der Waals surface area (Å²) in [4.78, 5) is 31.9. The van der Waals surface area contributed by atoms with Crippen LogP contribution in [0.2, 0.25) is 0 Å². The minimum atomic E-state index is -4.77. The molecule has 0 amide bonds. The molecular weight excluding hydrogens is 326 g/mol. The van der Waals surface area contributed by atoms with Crippen LogP contribution < -0.4 is 5.32 Å².